The molecule has 7 heteroatoms. The molecule has 1 amide bonds. The molecule has 0 aliphatic carbocycles. The maximum atomic E-state index is 11.8. The number of carbonyl (C=O) groups excluding carboxylic acids is 1. The number of hydrogen-bond acceptors (Lipinski definition) is 4. The fraction of sp³-hybridized carbons (Fsp3) is 0.167. The van der Waals surface area contributed by atoms with Crippen LogP contribution in [0.4, 0.5) is 5.69 Å². The Morgan fingerprint density at radius 3 is 2.58 bits per heavy atom. The zero-order valence-electron chi connectivity index (χ0n) is 9.82. The van der Waals surface area contributed by atoms with Gasteiger partial charge in [0.05, 0.1) is 12.1 Å². The molecule has 0 aliphatic heterocycles. The number of nitrogens with zero attached hydrogens (tertiary/aromatic N) is 1. The maximum Gasteiger partial charge on any atom is 0.230 e. The van der Waals surface area contributed by atoms with Gasteiger partial charge in [0.15, 0.2) is 0 Å². The van der Waals surface area contributed by atoms with Gasteiger partial charge in [-0.25, -0.2) is 4.98 Å². The Morgan fingerprint density at radius 1 is 1.32 bits per heavy atom. The average molecular weight is 316 g/mol. The van der Waals surface area contributed by atoms with Crippen molar-refractivity contribution in [1.82, 2.24) is 4.98 Å². The minimum Gasteiger partial charge on any atom is -0.326 e. The first-order chi connectivity index (χ1) is 9.06. The van der Waals surface area contributed by atoms with Crippen LogP contribution >= 0.6 is 34.5 Å². The lowest BCUT2D eigenvalue weighted by atomic mass is 10.3. The van der Waals surface area contributed by atoms with Crippen molar-refractivity contribution in [3.63, 3.8) is 0 Å². The number of thiazole rings is 1. The maximum absolute atomic E-state index is 11.8. The van der Waals surface area contributed by atoms with Gasteiger partial charge in [0, 0.05) is 27.7 Å². The molecule has 0 fully saturated rings. The van der Waals surface area contributed by atoms with E-state index in [2.05, 4.69) is 10.3 Å². The van der Waals surface area contributed by atoms with Gasteiger partial charge >= 0.3 is 0 Å². The Kier molecular flexibility index (Phi) is 4.76. The molecule has 0 aliphatic rings. The third-order valence-corrected chi connectivity index (χ3v) is 3.62. The van der Waals surface area contributed by atoms with Gasteiger partial charge in [0.2, 0.25) is 5.91 Å². The number of halogens is 2. The number of benzene rings is 1. The number of hydrogen-bond donors (Lipinski definition) is 2. The van der Waals surface area contributed by atoms with Crippen LogP contribution in [0.25, 0.3) is 0 Å². The summed E-state index contributed by atoms with van der Waals surface area (Å²) >= 11 is 13.2. The van der Waals surface area contributed by atoms with E-state index in [1.54, 1.807) is 18.2 Å². The molecule has 0 bridgehead atoms. The Hall–Kier alpha value is -1.14. The summed E-state index contributed by atoms with van der Waals surface area (Å²) in [5, 5.41) is 6.31. The van der Waals surface area contributed by atoms with Gasteiger partial charge in [-0.15, -0.1) is 11.3 Å². The number of rotatable bonds is 4. The van der Waals surface area contributed by atoms with Crippen molar-refractivity contribution >= 4 is 46.1 Å². The Balaban J connectivity index is 2.00. The summed E-state index contributed by atoms with van der Waals surface area (Å²) in [6, 6.07) is 4.88. The van der Waals surface area contributed by atoms with Crippen molar-refractivity contribution in [3.05, 3.63) is 44.3 Å². The van der Waals surface area contributed by atoms with Crippen LogP contribution in [-0.2, 0) is 17.8 Å². The second kappa shape index (κ2) is 6.34. The Morgan fingerprint density at radius 2 is 2.00 bits per heavy atom. The highest BCUT2D eigenvalue weighted by atomic mass is 35.5. The van der Waals surface area contributed by atoms with Crippen LogP contribution < -0.4 is 11.1 Å². The summed E-state index contributed by atoms with van der Waals surface area (Å²) < 4.78 is 0. The molecule has 2 aromatic rings. The van der Waals surface area contributed by atoms with E-state index in [-0.39, 0.29) is 12.3 Å². The molecule has 0 atom stereocenters. The molecule has 100 valence electrons. The Labute approximate surface area is 124 Å². The van der Waals surface area contributed by atoms with Gasteiger partial charge in [0.1, 0.15) is 5.01 Å². The largest absolute Gasteiger partial charge is 0.326 e. The lowest BCUT2D eigenvalue weighted by Crippen LogP contribution is -2.14. The van der Waals surface area contributed by atoms with E-state index < -0.39 is 0 Å². The topological polar surface area (TPSA) is 68.0 Å². The van der Waals surface area contributed by atoms with Gasteiger partial charge in [0.25, 0.3) is 0 Å². The van der Waals surface area contributed by atoms with Gasteiger partial charge < -0.3 is 11.1 Å². The zero-order chi connectivity index (χ0) is 13.8. The minimum atomic E-state index is -0.174. The van der Waals surface area contributed by atoms with E-state index >= 15 is 0 Å². The van der Waals surface area contributed by atoms with Gasteiger partial charge in [-0.1, -0.05) is 23.2 Å². The standard InChI is InChI=1S/C12H11Cl2N3OS/c13-7-1-8(14)3-9(2-7)16-11(18)4-10-6-19-12(5-15)17-10/h1-3,6H,4-5,15H2,(H,16,18). The predicted molar refractivity (Wildman–Crippen MR) is 78.8 cm³/mol. The number of amides is 1. The molecule has 3 N–H and O–H groups in total. The van der Waals surface area contributed by atoms with E-state index in [0.29, 0.717) is 28.0 Å². The molecular formula is C12H11Cl2N3OS. The summed E-state index contributed by atoms with van der Waals surface area (Å²) in [7, 11) is 0. The summed E-state index contributed by atoms with van der Waals surface area (Å²) in [6.45, 7) is 0.385. The molecule has 0 unspecified atom stereocenters. The number of aromatic nitrogens is 1. The van der Waals surface area contributed by atoms with E-state index in [1.165, 1.54) is 11.3 Å². The third kappa shape index (κ3) is 4.18. The second-order valence-electron chi connectivity index (χ2n) is 3.82. The summed E-state index contributed by atoms with van der Waals surface area (Å²) in [5.74, 6) is -0.174. The van der Waals surface area contributed by atoms with Crippen LogP contribution in [0.1, 0.15) is 10.7 Å². The first kappa shape index (κ1) is 14.3. The number of nitrogens with two attached hydrogens (primary N) is 1. The van der Waals surface area contributed by atoms with Crippen molar-refractivity contribution in [3.8, 4) is 0 Å². The molecular weight excluding hydrogens is 305 g/mol. The fourth-order valence-electron chi connectivity index (χ4n) is 1.52. The van der Waals surface area contributed by atoms with Crippen molar-refractivity contribution in [2.75, 3.05) is 5.32 Å². The number of carbonyl (C=O) groups is 1. The van der Waals surface area contributed by atoms with Gasteiger partial charge in [-0.05, 0) is 18.2 Å². The van der Waals surface area contributed by atoms with E-state index in [0.717, 1.165) is 5.01 Å². The van der Waals surface area contributed by atoms with Gasteiger partial charge in [-0.2, -0.15) is 0 Å². The second-order valence-corrected chi connectivity index (χ2v) is 5.64. The monoisotopic (exact) mass is 315 g/mol. The first-order valence-electron chi connectivity index (χ1n) is 5.46. The van der Waals surface area contributed by atoms with Crippen LogP contribution in [0, 0.1) is 0 Å². The lowest BCUT2D eigenvalue weighted by molar-refractivity contribution is -0.115. The fourth-order valence-corrected chi connectivity index (χ4v) is 2.72. The third-order valence-electron chi connectivity index (χ3n) is 2.26. The molecule has 0 spiro atoms. The molecule has 0 saturated heterocycles. The average Bonchev–Trinajstić information content (AvgIpc) is 2.74. The van der Waals surface area contributed by atoms with Crippen LogP contribution in [0.5, 0.6) is 0 Å². The molecule has 1 aromatic carbocycles. The first-order valence-corrected chi connectivity index (χ1v) is 7.09. The summed E-state index contributed by atoms with van der Waals surface area (Å²) in [4.78, 5) is 16.1. The van der Waals surface area contributed by atoms with E-state index in [9.17, 15) is 4.79 Å². The van der Waals surface area contributed by atoms with Crippen molar-refractivity contribution in [2.24, 2.45) is 5.73 Å². The van der Waals surface area contributed by atoms with Gasteiger partial charge in [-0.3, -0.25) is 4.79 Å². The normalized spacial score (nSPS) is 10.5. The number of anilines is 1. The summed E-state index contributed by atoms with van der Waals surface area (Å²) in [6.07, 6.45) is 0.195. The smallest absolute Gasteiger partial charge is 0.230 e. The molecule has 0 saturated carbocycles. The molecule has 4 nitrogen and oxygen atoms in total. The predicted octanol–water partition coefficient (Wildman–Crippen LogP) is 3.09. The van der Waals surface area contributed by atoms with E-state index in [1.807, 2.05) is 5.38 Å². The van der Waals surface area contributed by atoms with Crippen molar-refractivity contribution in [1.29, 1.82) is 0 Å². The molecule has 2 rings (SSSR count). The van der Waals surface area contributed by atoms with Crippen LogP contribution in [-0.4, -0.2) is 10.9 Å². The highest BCUT2D eigenvalue weighted by Gasteiger charge is 2.08. The lowest BCUT2D eigenvalue weighted by Gasteiger charge is -2.05. The molecule has 19 heavy (non-hydrogen) atoms. The summed E-state index contributed by atoms with van der Waals surface area (Å²) in [5.41, 5.74) is 6.74. The highest BCUT2D eigenvalue weighted by molar-refractivity contribution is 7.09. The molecule has 0 radical (unpaired) electrons. The van der Waals surface area contributed by atoms with Crippen LogP contribution in [0.2, 0.25) is 10.0 Å². The minimum absolute atomic E-state index is 0.174. The number of nitrogens with one attached hydrogen (secondary N) is 1. The zero-order valence-corrected chi connectivity index (χ0v) is 12.1. The van der Waals surface area contributed by atoms with Crippen molar-refractivity contribution in [2.45, 2.75) is 13.0 Å². The SMILES string of the molecule is NCc1nc(CC(=O)Nc2cc(Cl)cc(Cl)c2)cs1. The van der Waals surface area contributed by atoms with Crippen molar-refractivity contribution < 1.29 is 4.79 Å². The quantitative estimate of drug-likeness (QED) is 0.911. The molecule has 1 aromatic heterocycles. The Bertz CT molecular complexity index is 580. The van der Waals surface area contributed by atoms with E-state index in [4.69, 9.17) is 28.9 Å². The van der Waals surface area contributed by atoms with Crippen LogP contribution in [0.15, 0.2) is 23.6 Å². The molecule has 1 heterocycles. The van der Waals surface area contributed by atoms with Crippen LogP contribution in [0.3, 0.4) is 0 Å². The highest BCUT2D eigenvalue weighted by Crippen LogP contribution is 2.22.